The number of carboxylic acid groups (broad SMARTS) is 1. The summed E-state index contributed by atoms with van der Waals surface area (Å²) in [6.45, 7) is 7.43. The molecule has 2 aromatic rings. The Balaban J connectivity index is 1.71. The normalized spacial score (nSPS) is 20.2. The van der Waals surface area contributed by atoms with Crippen LogP contribution in [-0.4, -0.2) is 61.3 Å². The van der Waals surface area contributed by atoms with Crippen LogP contribution in [0.2, 0.25) is 10.0 Å². The van der Waals surface area contributed by atoms with Gasteiger partial charge in [0, 0.05) is 24.5 Å². The molecule has 31 heavy (non-hydrogen) atoms. The van der Waals surface area contributed by atoms with Crippen LogP contribution in [0.4, 0.5) is 11.5 Å². The highest BCUT2D eigenvalue weighted by Crippen LogP contribution is 2.41. The quantitative estimate of drug-likeness (QED) is 0.608. The summed E-state index contributed by atoms with van der Waals surface area (Å²) in [6, 6.07) is 5.91. The summed E-state index contributed by atoms with van der Waals surface area (Å²) in [7, 11) is 0. The summed E-state index contributed by atoms with van der Waals surface area (Å²) >= 11 is 12.9. The monoisotopic (exact) mass is 464 g/mol. The molecule has 0 spiro atoms. The van der Waals surface area contributed by atoms with Gasteiger partial charge < -0.3 is 19.6 Å². The molecule has 7 nitrogen and oxygen atoms in total. The van der Waals surface area contributed by atoms with E-state index in [9.17, 15) is 4.79 Å². The molecule has 1 aromatic carbocycles. The number of halogens is 2. The lowest BCUT2D eigenvalue weighted by Crippen LogP contribution is -2.34. The molecule has 0 radical (unpaired) electrons. The van der Waals surface area contributed by atoms with Crippen LogP contribution in [0.25, 0.3) is 10.9 Å². The van der Waals surface area contributed by atoms with E-state index in [1.54, 1.807) is 6.07 Å². The van der Waals surface area contributed by atoms with E-state index < -0.39 is 5.97 Å². The maximum atomic E-state index is 10.8. The van der Waals surface area contributed by atoms with E-state index in [4.69, 9.17) is 38.0 Å². The number of aromatic nitrogens is 1. The van der Waals surface area contributed by atoms with E-state index >= 15 is 0 Å². The first kappa shape index (κ1) is 22.1. The van der Waals surface area contributed by atoms with Gasteiger partial charge in [0.05, 0.1) is 59.8 Å². The fourth-order valence-corrected chi connectivity index (χ4v) is 4.71. The van der Waals surface area contributed by atoms with E-state index in [1.807, 2.05) is 12.4 Å². The molecule has 1 N–H and O–H groups in total. The maximum absolute atomic E-state index is 10.8. The molecule has 3 heterocycles. The lowest BCUT2D eigenvalue weighted by molar-refractivity contribution is -0.138. The zero-order valence-corrected chi connectivity index (χ0v) is 19.2. The van der Waals surface area contributed by atoms with E-state index in [1.165, 1.54) is 0 Å². The lowest BCUT2D eigenvalue weighted by Gasteiger charge is -2.28. The second-order valence-corrected chi connectivity index (χ2v) is 9.63. The average molecular weight is 465 g/mol. The Morgan fingerprint density at radius 3 is 2.87 bits per heavy atom. The minimum atomic E-state index is -0.858. The van der Waals surface area contributed by atoms with Crippen molar-refractivity contribution >= 4 is 57.9 Å². The van der Waals surface area contributed by atoms with Crippen molar-refractivity contribution in [1.82, 2.24) is 4.98 Å². The van der Waals surface area contributed by atoms with E-state index in [2.05, 4.69) is 34.7 Å². The van der Waals surface area contributed by atoms with Crippen LogP contribution in [0.15, 0.2) is 23.2 Å². The van der Waals surface area contributed by atoms with Crippen LogP contribution in [0.1, 0.15) is 26.7 Å². The number of pyridine rings is 1. The van der Waals surface area contributed by atoms with Crippen LogP contribution in [-0.2, 0) is 9.53 Å². The van der Waals surface area contributed by atoms with Gasteiger partial charge in [-0.1, -0.05) is 37.0 Å². The summed E-state index contributed by atoms with van der Waals surface area (Å²) in [6.07, 6.45) is 2.77. The first-order valence-electron chi connectivity index (χ1n) is 10.4. The number of hydrogen-bond acceptors (Lipinski definition) is 6. The summed E-state index contributed by atoms with van der Waals surface area (Å²) < 4.78 is 5.70. The van der Waals surface area contributed by atoms with Gasteiger partial charge >= 0.3 is 5.97 Å². The summed E-state index contributed by atoms with van der Waals surface area (Å²) in [5.41, 5.74) is 1.73. The molecule has 4 rings (SSSR count). The number of hydrogen-bond donors (Lipinski definition) is 1. The van der Waals surface area contributed by atoms with Crippen molar-refractivity contribution in [1.29, 1.82) is 0 Å². The van der Waals surface area contributed by atoms with Crippen LogP contribution in [0, 0.1) is 5.41 Å². The van der Waals surface area contributed by atoms with Crippen LogP contribution in [0.3, 0.4) is 0 Å². The number of carboxylic acids is 1. The van der Waals surface area contributed by atoms with Crippen molar-refractivity contribution in [2.24, 2.45) is 10.4 Å². The second kappa shape index (κ2) is 8.81. The van der Waals surface area contributed by atoms with Gasteiger partial charge in [0.1, 0.15) is 5.82 Å². The first-order chi connectivity index (χ1) is 14.7. The minimum Gasteiger partial charge on any atom is -0.481 e. The highest BCUT2D eigenvalue weighted by molar-refractivity contribution is 6.45. The van der Waals surface area contributed by atoms with E-state index in [0.717, 1.165) is 42.9 Å². The number of carbonyl (C=O) groups is 1. The van der Waals surface area contributed by atoms with Gasteiger partial charge in [0.25, 0.3) is 0 Å². The maximum Gasteiger partial charge on any atom is 0.305 e. The fourth-order valence-electron chi connectivity index (χ4n) is 4.35. The molecule has 0 unspecified atom stereocenters. The van der Waals surface area contributed by atoms with Crippen LogP contribution < -0.4 is 9.80 Å². The third-order valence-corrected chi connectivity index (χ3v) is 6.52. The zero-order valence-electron chi connectivity index (χ0n) is 17.6. The Labute approximate surface area is 191 Å². The predicted octanol–water partition coefficient (Wildman–Crippen LogP) is 4.49. The molecular formula is C22H26Cl2N4O3. The predicted molar refractivity (Wildman–Crippen MR) is 125 cm³/mol. The van der Waals surface area contributed by atoms with Crippen molar-refractivity contribution in [2.75, 3.05) is 42.6 Å². The first-order valence-corrected chi connectivity index (χ1v) is 11.1. The zero-order chi connectivity index (χ0) is 22.2. The number of anilines is 2. The Kier molecular flexibility index (Phi) is 6.28. The highest BCUT2D eigenvalue weighted by atomic mass is 35.5. The van der Waals surface area contributed by atoms with E-state index in [-0.39, 0.29) is 24.5 Å². The average Bonchev–Trinajstić information content (AvgIpc) is 3.35. The van der Waals surface area contributed by atoms with Crippen LogP contribution >= 0.6 is 23.2 Å². The summed E-state index contributed by atoms with van der Waals surface area (Å²) in [5.74, 6) is -0.0485. The molecule has 2 aliphatic heterocycles. The standard InChI is InChI=1S/C22H26Cl2N4O3/c1-22(2)10-14(11-31-8-5-19(29)30)28(12-22)18-9-17(27-7-6-25-13-27)15-3-4-16(23)20(24)21(15)26-18/h3-4,9,13-14H,5-8,10-12H2,1-2H3,(H,29,30)/t14-/m0/s1. The number of nitrogens with zero attached hydrogens (tertiary/aromatic N) is 4. The number of ether oxygens (including phenoxy) is 1. The topological polar surface area (TPSA) is 78.3 Å². The van der Waals surface area contributed by atoms with Gasteiger partial charge in [0.2, 0.25) is 0 Å². The fraction of sp³-hybridized carbons (Fsp3) is 0.500. The summed E-state index contributed by atoms with van der Waals surface area (Å²) in [4.78, 5) is 24.4. The van der Waals surface area contributed by atoms with Crippen molar-refractivity contribution in [2.45, 2.75) is 32.7 Å². The Bertz CT molecular complexity index is 1030. The lowest BCUT2D eigenvalue weighted by atomic mass is 9.91. The smallest absolute Gasteiger partial charge is 0.305 e. The molecule has 166 valence electrons. The SMILES string of the molecule is CC1(C)C[C@@H](COCCC(=O)O)N(c2cc(N3C=NCC3)c3ccc(Cl)c(Cl)c3n2)C1. The highest BCUT2D eigenvalue weighted by Gasteiger charge is 2.38. The number of fused-ring (bicyclic) bond motifs is 1. The molecule has 0 saturated carbocycles. The third-order valence-electron chi connectivity index (χ3n) is 5.73. The molecule has 9 heteroatoms. The number of rotatable bonds is 7. The Morgan fingerprint density at radius 2 is 2.16 bits per heavy atom. The van der Waals surface area contributed by atoms with Gasteiger partial charge in [-0.2, -0.15) is 0 Å². The molecule has 1 aromatic heterocycles. The van der Waals surface area contributed by atoms with Crippen molar-refractivity contribution < 1.29 is 14.6 Å². The third kappa shape index (κ3) is 4.73. The Morgan fingerprint density at radius 1 is 1.35 bits per heavy atom. The summed E-state index contributed by atoms with van der Waals surface area (Å²) in [5, 5.41) is 10.7. The number of benzene rings is 1. The molecule has 1 saturated heterocycles. The molecule has 2 aliphatic rings. The number of aliphatic imine (C=N–C) groups is 1. The van der Waals surface area contributed by atoms with Gasteiger partial charge in [-0.15, -0.1) is 0 Å². The molecule has 0 bridgehead atoms. The van der Waals surface area contributed by atoms with Gasteiger partial charge in [-0.3, -0.25) is 9.79 Å². The van der Waals surface area contributed by atoms with Crippen molar-refractivity contribution in [3.63, 3.8) is 0 Å². The Hall–Kier alpha value is -2.09. The molecule has 1 atom stereocenters. The van der Waals surface area contributed by atoms with Gasteiger partial charge in [-0.25, -0.2) is 4.98 Å². The van der Waals surface area contributed by atoms with Gasteiger partial charge in [0.15, 0.2) is 0 Å². The second-order valence-electron chi connectivity index (χ2n) is 8.84. The largest absolute Gasteiger partial charge is 0.481 e. The molecule has 0 amide bonds. The van der Waals surface area contributed by atoms with Crippen molar-refractivity contribution in [3.8, 4) is 0 Å². The molecular weight excluding hydrogens is 439 g/mol. The van der Waals surface area contributed by atoms with E-state index in [0.29, 0.717) is 22.2 Å². The van der Waals surface area contributed by atoms with Crippen molar-refractivity contribution in [3.05, 3.63) is 28.2 Å². The van der Waals surface area contributed by atoms with Crippen LogP contribution in [0.5, 0.6) is 0 Å². The van der Waals surface area contributed by atoms with Gasteiger partial charge in [-0.05, 0) is 24.0 Å². The molecule has 0 aliphatic carbocycles. The minimum absolute atomic E-state index is 0.00309. The molecule has 1 fully saturated rings. The number of aliphatic carboxylic acids is 1.